The van der Waals surface area contributed by atoms with Crippen LogP contribution in [0.1, 0.15) is 58.1 Å². The van der Waals surface area contributed by atoms with E-state index in [4.69, 9.17) is 14.2 Å². The molecule has 26 heavy (non-hydrogen) atoms. The molecule has 0 spiro atoms. The molecule has 3 rings (SSSR count). The summed E-state index contributed by atoms with van der Waals surface area (Å²) in [5.41, 5.74) is 1.53. The van der Waals surface area contributed by atoms with Gasteiger partial charge in [-0.3, -0.25) is 0 Å². The van der Waals surface area contributed by atoms with E-state index in [2.05, 4.69) is 6.07 Å². The average molecular weight is 363 g/mol. The number of likely N-dealkylation sites (tertiary alicyclic amines) is 1. The number of carbonyl (C=O) groups excluding carboxylic acids is 1. The highest BCUT2D eigenvalue weighted by Crippen LogP contribution is 2.38. The highest BCUT2D eigenvalue weighted by molar-refractivity contribution is 5.69. The smallest absolute Gasteiger partial charge is 0.410 e. The Bertz CT molecular complexity index is 679. The lowest BCUT2D eigenvalue weighted by Gasteiger charge is -2.33. The number of aliphatic hydroxyl groups is 1. The molecule has 0 aromatic heterocycles. The van der Waals surface area contributed by atoms with Crippen LogP contribution in [0.3, 0.4) is 0 Å². The van der Waals surface area contributed by atoms with Gasteiger partial charge in [0.1, 0.15) is 11.4 Å². The van der Waals surface area contributed by atoms with Crippen LogP contribution in [-0.4, -0.2) is 46.7 Å². The quantitative estimate of drug-likeness (QED) is 0.872. The van der Waals surface area contributed by atoms with E-state index in [1.54, 1.807) is 4.90 Å². The van der Waals surface area contributed by atoms with Crippen molar-refractivity contribution in [2.45, 2.75) is 71.0 Å². The first-order chi connectivity index (χ1) is 12.1. The van der Waals surface area contributed by atoms with E-state index in [1.807, 2.05) is 46.8 Å². The lowest BCUT2D eigenvalue weighted by molar-refractivity contribution is -0.180. The summed E-state index contributed by atoms with van der Waals surface area (Å²) in [7, 11) is 0. The maximum absolute atomic E-state index is 12.5. The fourth-order valence-corrected chi connectivity index (χ4v) is 3.60. The van der Waals surface area contributed by atoms with Crippen molar-refractivity contribution in [3.05, 3.63) is 29.3 Å². The SMILES string of the molecule is CC(C)(C)OC(=O)N1CCC(c2ccc3c(c2)COC(C)(C)O3)C1CO. The number of carbonyl (C=O) groups is 1. The van der Waals surface area contributed by atoms with Crippen LogP contribution in [0.5, 0.6) is 5.75 Å². The molecule has 1 saturated heterocycles. The van der Waals surface area contributed by atoms with Gasteiger partial charge >= 0.3 is 6.09 Å². The molecule has 2 aliphatic rings. The molecule has 0 bridgehead atoms. The molecule has 0 saturated carbocycles. The first kappa shape index (κ1) is 19.0. The summed E-state index contributed by atoms with van der Waals surface area (Å²) in [6.07, 6.45) is 0.418. The molecule has 0 radical (unpaired) electrons. The molecule has 2 atom stereocenters. The van der Waals surface area contributed by atoms with Gasteiger partial charge in [0.15, 0.2) is 0 Å². The van der Waals surface area contributed by atoms with Crippen LogP contribution in [0.25, 0.3) is 0 Å². The molecule has 2 heterocycles. The van der Waals surface area contributed by atoms with Gasteiger partial charge in [-0.15, -0.1) is 0 Å². The summed E-state index contributed by atoms with van der Waals surface area (Å²) in [5, 5.41) is 9.92. The van der Waals surface area contributed by atoms with Gasteiger partial charge < -0.3 is 24.2 Å². The molecule has 6 nitrogen and oxygen atoms in total. The number of nitrogens with zero attached hydrogens (tertiary/aromatic N) is 1. The number of rotatable bonds is 2. The summed E-state index contributed by atoms with van der Waals surface area (Å²) in [4.78, 5) is 14.1. The second-order valence-electron chi connectivity index (χ2n) is 8.48. The minimum Gasteiger partial charge on any atom is -0.463 e. The standard InChI is InChI=1S/C20H29NO5/c1-19(2,3)26-18(23)21-9-8-15(16(21)11-22)13-6-7-17-14(10-13)12-24-20(4,5)25-17/h6-7,10,15-16,22H,8-9,11-12H2,1-5H3. The summed E-state index contributed by atoms with van der Waals surface area (Å²) in [5.74, 6) is 0.267. The Morgan fingerprint density at radius 2 is 2.12 bits per heavy atom. The van der Waals surface area contributed by atoms with Crippen LogP contribution >= 0.6 is 0 Å². The largest absolute Gasteiger partial charge is 0.463 e. The van der Waals surface area contributed by atoms with E-state index in [0.717, 1.165) is 23.3 Å². The molecule has 1 N–H and O–H groups in total. The maximum atomic E-state index is 12.5. The molecule has 6 heteroatoms. The van der Waals surface area contributed by atoms with Gasteiger partial charge in [-0.05, 0) is 44.9 Å². The minimum atomic E-state index is -0.622. The van der Waals surface area contributed by atoms with Crippen LogP contribution in [0.2, 0.25) is 0 Å². The minimum absolute atomic E-state index is 0.0627. The van der Waals surface area contributed by atoms with Crippen molar-refractivity contribution in [3.8, 4) is 5.75 Å². The van der Waals surface area contributed by atoms with Gasteiger partial charge in [0.25, 0.3) is 0 Å². The average Bonchev–Trinajstić information content (AvgIpc) is 2.96. The normalized spacial score (nSPS) is 24.8. The van der Waals surface area contributed by atoms with E-state index in [0.29, 0.717) is 13.2 Å². The van der Waals surface area contributed by atoms with Crippen molar-refractivity contribution < 1.29 is 24.1 Å². The number of amides is 1. The molecule has 2 aliphatic heterocycles. The third-order valence-corrected chi connectivity index (χ3v) is 4.80. The molecule has 1 aromatic carbocycles. The van der Waals surface area contributed by atoms with Crippen LogP contribution in [0.4, 0.5) is 4.79 Å². The van der Waals surface area contributed by atoms with Gasteiger partial charge in [-0.1, -0.05) is 6.07 Å². The lowest BCUT2D eigenvalue weighted by Crippen LogP contribution is -2.42. The van der Waals surface area contributed by atoms with Gasteiger partial charge in [0, 0.05) is 31.9 Å². The van der Waals surface area contributed by atoms with E-state index in [1.165, 1.54) is 0 Å². The zero-order valence-electron chi connectivity index (χ0n) is 16.2. The number of hydrogen-bond acceptors (Lipinski definition) is 5. The predicted molar refractivity (Wildman–Crippen MR) is 97.1 cm³/mol. The van der Waals surface area contributed by atoms with E-state index >= 15 is 0 Å². The van der Waals surface area contributed by atoms with Gasteiger partial charge in [-0.2, -0.15) is 0 Å². The van der Waals surface area contributed by atoms with Crippen molar-refractivity contribution in [2.75, 3.05) is 13.2 Å². The Hall–Kier alpha value is -1.79. The monoisotopic (exact) mass is 363 g/mol. The van der Waals surface area contributed by atoms with Gasteiger partial charge in [0.2, 0.25) is 5.79 Å². The van der Waals surface area contributed by atoms with Crippen molar-refractivity contribution in [1.82, 2.24) is 4.90 Å². The zero-order chi connectivity index (χ0) is 19.1. The molecule has 0 aliphatic carbocycles. The van der Waals surface area contributed by atoms with Crippen LogP contribution in [-0.2, 0) is 16.1 Å². The fourth-order valence-electron chi connectivity index (χ4n) is 3.60. The number of benzene rings is 1. The van der Waals surface area contributed by atoms with Crippen molar-refractivity contribution in [2.24, 2.45) is 0 Å². The van der Waals surface area contributed by atoms with Crippen LogP contribution < -0.4 is 4.74 Å². The topological polar surface area (TPSA) is 68.2 Å². The Balaban J connectivity index is 1.79. The number of fused-ring (bicyclic) bond motifs is 1. The van der Waals surface area contributed by atoms with E-state index < -0.39 is 11.4 Å². The van der Waals surface area contributed by atoms with Crippen molar-refractivity contribution in [1.29, 1.82) is 0 Å². The van der Waals surface area contributed by atoms with Gasteiger partial charge in [0.05, 0.1) is 19.3 Å². The highest BCUT2D eigenvalue weighted by atomic mass is 16.7. The van der Waals surface area contributed by atoms with Crippen LogP contribution in [0, 0.1) is 0 Å². The summed E-state index contributed by atoms with van der Waals surface area (Å²) in [6.45, 7) is 10.3. The molecule has 1 fully saturated rings. The Labute approximate surface area is 155 Å². The van der Waals surface area contributed by atoms with Crippen LogP contribution in [0.15, 0.2) is 18.2 Å². The summed E-state index contributed by atoms with van der Waals surface area (Å²) < 4.78 is 17.1. The lowest BCUT2D eigenvalue weighted by atomic mass is 9.90. The fraction of sp³-hybridized carbons (Fsp3) is 0.650. The summed E-state index contributed by atoms with van der Waals surface area (Å²) >= 11 is 0. The maximum Gasteiger partial charge on any atom is 0.410 e. The number of aliphatic hydroxyl groups excluding tert-OH is 1. The molecule has 1 aromatic rings. The second kappa shape index (κ2) is 6.74. The molecular formula is C20H29NO5. The van der Waals surface area contributed by atoms with E-state index in [-0.39, 0.29) is 24.7 Å². The Kier molecular flexibility index (Phi) is 4.92. The number of hydrogen-bond donors (Lipinski definition) is 1. The molecule has 144 valence electrons. The van der Waals surface area contributed by atoms with Gasteiger partial charge in [-0.25, -0.2) is 4.79 Å². The highest BCUT2D eigenvalue weighted by Gasteiger charge is 2.40. The Morgan fingerprint density at radius 3 is 2.77 bits per heavy atom. The third-order valence-electron chi connectivity index (χ3n) is 4.80. The van der Waals surface area contributed by atoms with E-state index in [9.17, 15) is 9.90 Å². The zero-order valence-corrected chi connectivity index (χ0v) is 16.2. The van der Waals surface area contributed by atoms with Crippen molar-refractivity contribution >= 4 is 6.09 Å². The molecular weight excluding hydrogens is 334 g/mol. The second-order valence-corrected chi connectivity index (χ2v) is 8.48. The molecule has 2 unspecified atom stereocenters. The van der Waals surface area contributed by atoms with Crippen molar-refractivity contribution in [3.63, 3.8) is 0 Å². The predicted octanol–water partition coefficient (Wildman–Crippen LogP) is 3.42. The first-order valence-corrected chi connectivity index (χ1v) is 9.16. The Morgan fingerprint density at radius 1 is 1.38 bits per heavy atom. The third kappa shape index (κ3) is 3.96. The molecule has 1 amide bonds. The summed E-state index contributed by atoms with van der Waals surface area (Å²) in [6, 6.07) is 5.76. The number of ether oxygens (including phenoxy) is 3. The first-order valence-electron chi connectivity index (χ1n) is 9.16.